The van der Waals surface area contributed by atoms with Crippen molar-refractivity contribution >= 4 is 5.91 Å². The molecule has 4 heteroatoms. The maximum Gasteiger partial charge on any atom is 0.219 e. The molecule has 2 aliphatic heterocycles. The molecular weight excluding hydrogens is 274 g/mol. The van der Waals surface area contributed by atoms with Gasteiger partial charge in [-0.25, -0.2) is 0 Å². The quantitative estimate of drug-likeness (QED) is 0.798. The highest BCUT2D eigenvalue weighted by molar-refractivity contribution is 5.73. The van der Waals surface area contributed by atoms with Gasteiger partial charge in [-0.15, -0.1) is 0 Å². The summed E-state index contributed by atoms with van der Waals surface area (Å²) in [6.07, 6.45) is 6.93. The Morgan fingerprint density at radius 1 is 1.00 bits per heavy atom. The van der Waals surface area contributed by atoms with E-state index >= 15 is 0 Å². The van der Waals surface area contributed by atoms with Gasteiger partial charge in [0.05, 0.1) is 0 Å². The monoisotopic (exact) mass is 307 g/mol. The van der Waals surface area contributed by atoms with Crippen LogP contribution in [0.3, 0.4) is 0 Å². The molecule has 0 unspecified atom stereocenters. The molecule has 4 nitrogen and oxygen atoms in total. The zero-order valence-corrected chi connectivity index (χ0v) is 14.5. The van der Waals surface area contributed by atoms with Crippen LogP contribution >= 0.6 is 0 Å². The predicted molar refractivity (Wildman–Crippen MR) is 89.8 cm³/mol. The highest BCUT2D eigenvalue weighted by atomic mass is 16.2. The van der Waals surface area contributed by atoms with Crippen LogP contribution in [0.1, 0.15) is 46.0 Å². The molecule has 2 heterocycles. The third-order valence-electron chi connectivity index (χ3n) is 6.08. The van der Waals surface area contributed by atoms with Crippen molar-refractivity contribution in [2.75, 3.05) is 45.8 Å². The summed E-state index contributed by atoms with van der Waals surface area (Å²) in [7, 11) is 0. The molecule has 0 spiro atoms. The van der Waals surface area contributed by atoms with Gasteiger partial charge in [0.1, 0.15) is 0 Å². The van der Waals surface area contributed by atoms with E-state index in [0.717, 1.165) is 44.4 Å². The molecule has 1 saturated carbocycles. The van der Waals surface area contributed by atoms with E-state index in [1.54, 1.807) is 6.92 Å². The summed E-state index contributed by atoms with van der Waals surface area (Å²) in [5.41, 5.74) is 0. The predicted octanol–water partition coefficient (Wildman–Crippen LogP) is 2.05. The third kappa shape index (κ3) is 3.83. The number of hydrogen-bond donors (Lipinski definition) is 0. The van der Waals surface area contributed by atoms with Crippen LogP contribution in [0.4, 0.5) is 0 Å². The van der Waals surface area contributed by atoms with E-state index in [0.29, 0.717) is 6.04 Å². The third-order valence-corrected chi connectivity index (χ3v) is 6.08. The zero-order valence-electron chi connectivity index (χ0n) is 14.5. The van der Waals surface area contributed by atoms with Crippen LogP contribution in [0.2, 0.25) is 0 Å². The summed E-state index contributed by atoms with van der Waals surface area (Å²) in [6, 6.07) is 0.702. The lowest BCUT2D eigenvalue weighted by molar-refractivity contribution is -0.128. The van der Waals surface area contributed by atoms with Gasteiger partial charge in [0.15, 0.2) is 0 Å². The summed E-state index contributed by atoms with van der Waals surface area (Å²) < 4.78 is 0. The van der Waals surface area contributed by atoms with Crippen molar-refractivity contribution in [3.8, 4) is 0 Å². The maximum absolute atomic E-state index is 11.6. The summed E-state index contributed by atoms with van der Waals surface area (Å²) in [4.78, 5) is 19.0. The molecule has 3 rings (SSSR count). The van der Waals surface area contributed by atoms with E-state index in [2.05, 4.69) is 16.7 Å². The molecule has 0 aromatic carbocycles. The minimum atomic E-state index is 0.240. The first-order valence-corrected chi connectivity index (χ1v) is 9.35. The SMILES string of the molecule is CC(=O)N1CCCN([C@H]2CN(CC3CCCC3)C[C@@H]2C)CC1. The van der Waals surface area contributed by atoms with Gasteiger partial charge >= 0.3 is 0 Å². The molecule has 0 N–H and O–H groups in total. The van der Waals surface area contributed by atoms with Gasteiger partial charge in [-0.2, -0.15) is 0 Å². The molecule has 3 fully saturated rings. The van der Waals surface area contributed by atoms with Crippen molar-refractivity contribution < 1.29 is 4.79 Å². The van der Waals surface area contributed by atoms with E-state index in [1.165, 1.54) is 45.3 Å². The van der Waals surface area contributed by atoms with Gasteiger partial charge in [-0.05, 0) is 31.1 Å². The molecular formula is C18H33N3O. The van der Waals surface area contributed by atoms with Gasteiger partial charge in [-0.3, -0.25) is 9.69 Å². The summed E-state index contributed by atoms with van der Waals surface area (Å²) >= 11 is 0. The lowest BCUT2D eigenvalue weighted by Crippen LogP contribution is -2.43. The van der Waals surface area contributed by atoms with E-state index < -0.39 is 0 Å². The van der Waals surface area contributed by atoms with Crippen LogP contribution in [0, 0.1) is 11.8 Å². The molecule has 2 saturated heterocycles. The van der Waals surface area contributed by atoms with Gasteiger partial charge in [0, 0.05) is 58.8 Å². The molecule has 22 heavy (non-hydrogen) atoms. The van der Waals surface area contributed by atoms with Crippen molar-refractivity contribution in [1.29, 1.82) is 0 Å². The smallest absolute Gasteiger partial charge is 0.219 e. The summed E-state index contributed by atoms with van der Waals surface area (Å²) in [5.74, 6) is 1.97. The Bertz CT molecular complexity index is 381. The number of carbonyl (C=O) groups excluding carboxylic acids is 1. The number of hydrogen-bond acceptors (Lipinski definition) is 3. The van der Waals surface area contributed by atoms with E-state index in [4.69, 9.17) is 0 Å². The van der Waals surface area contributed by atoms with Gasteiger partial charge in [0.25, 0.3) is 0 Å². The number of likely N-dealkylation sites (tertiary alicyclic amines) is 1. The van der Waals surface area contributed by atoms with Crippen molar-refractivity contribution in [1.82, 2.24) is 14.7 Å². The lowest BCUT2D eigenvalue weighted by atomic mass is 10.0. The van der Waals surface area contributed by atoms with Crippen molar-refractivity contribution in [3.63, 3.8) is 0 Å². The van der Waals surface area contributed by atoms with Crippen LogP contribution in [-0.4, -0.2) is 72.5 Å². The van der Waals surface area contributed by atoms with Crippen LogP contribution in [0.25, 0.3) is 0 Å². The first-order chi connectivity index (χ1) is 10.6. The van der Waals surface area contributed by atoms with Crippen LogP contribution in [-0.2, 0) is 4.79 Å². The topological polar surface area (TPSA) is 26.8 Å². The second-order valence-corrected chi connectivity index (χ2v) is 7.81. The number of carbonyl (C=O) groups is 1. The number of amides is 1. The fourth-order valence-electron chi connectivity index (χ4n) is 4.81. The molecule has 0 bridgehead atoms. The molecule has 0 aromatic heterocycles. The van der Waals surface area contributed by atoms with Gasteiger partial charge in [-0.1, -0.05) is 19.8 Å². The first-order valence-electron chi connectivity index (χ1n) is 9.35. The summed E-state index contributed by atoms with van der Waals surface area (Å²) in [6.45, 7) is 12.1. The highest BCUT2D eigenvalue weighted by Crippen LogP contribution is 2.29. The standard InChI is InChI=1S/C18H33N3O/c1-15-12-19(13-17-6-3-4-7-17)14-18(15)21-9-5-8-20(10-11-21)16(2)22/h15,17-18H,3-14H2,1-2H3/t15-,18-/m0/s1. The first kappa shape index (κ1) is 16.3. The van der Waals surface area contributed by atoms with Gasteiger partial charge < -0.3 is 9.80 Å². The number of rotatable bonds is 3. The molecule has 0 aromatic rings. The fourth-order valence-corrected chi connectivity index (χ4v) is 4.81. The molecule has 126 valence electrons. The number of nitrogens with zero attached hydrogens (tertiary/aromatic N) is 3. The second-order valence-electron chi connectivity index (χ2n) is 7.81. The Balaban J connectivity index is 1.52. The zero-order chi connectivity index (χ0) is 15.5. The minimum absolute atomic E-state index is 0.240. The van der Waals surface area contributed by atoms with Crippen LogP contribution in [0.5, 0.6) is 0 Å². The lowest BCUT2D eigenvalue weighted by Gasteiger charge is -2.30. The fraction of sp³-hybridized carbons (Fsp3) is 0.944. The summed E-state index contributed by atoms with van der Waals surface area (Å²) in [5, 5.41) is 0. The Hall–Kier alpha value is -0.610. The Labute approximate surface area is 135 Å². The van der Waals surface area contributed by atoms with Crippen molar-refractivity contribution in [2.45, 2.75) is 52.0 Å². The molecule has 3 aliphatic rings. The largest absolute Gasteiger partial charge is 0.342 e. The van der Waals surface area contributed by atoms with E-state index in [9.17, 15) is 4.79 Å². The van der Waals surface area contributed by atoms with E-state index in [-0.39, 0.29) is 5.91 Å². The van der Waals surface area contributed by atoms with Crippen molar-refractivity contribution in [3.05, 3.63) is 0 Å². The van der Waals surface area contributed by atoms with Crippen LogP contribution < -0.4 is 0 Å². The minimum Gasteiger partial charge on any atom is -0.342 e. The average molecular weight is 307 g/mol. The Morgan fingerprint density at radius 2 is 1.77 bits per heavy atom. The molecule has 1 aliphatic carbocycles. The maximum atomic E-state index is 11.6. The molecule has 2 atom stereocenters. The normalized spacial score (nSPS) is 32.5. The second kappa shape index (κ2) is 7.31. The Morgan fingerprint density at radius 3 is 2.50 bits per heavy atom. The molecule has 1 amide bonds. The highest BCUT2D eigenvalue weighted by Gasteiger charge is 2.35. The molecule has 0 radical (unpaired) electrons. The van der Waals surface area contributed by atoms with Gasteiger partial charge in [0.2, 0.25) is 5.91 Å². The van der Waals surface area contributed by atoms with Crippen LogP contribution in [0.15, 0.2) is 0 Å². The van der Waals surface area contributed by atoms with E-state index in [1.807, 2.05) is 4.90 Å². The Kier molecular flexibility index (Phi) is 5.40. The average Bonchev–Trinajstić information content (AvgIpc) is 3.03. The van der Waals surface area contributed by atoms with Crippen molar-refractivity contribution in [2.24, 2.45) is 11.8 Å².